The Kier molecular flexibility index (Phi) is 4.10. The Morgan fingerprint density at radius 2 is 1.94 bits per heavy atom. The molecule has 92 valence electrons. The first-order valence-corrected chi connectivity index (χ1v) is 5.63. The van der Waals surface area contributed by atoms with Crippen LogP contribution in [-0.4, -0.2) is 27.1 Å². The molecule has 0 amide bonds. The van der Waals surface area contributed by atoms with Gasteiger partial charge in [0.1, 0.15) is 0 Å². The molecule has 0 fully saturated rings. The van der Waals surface area contributed by atoms with Gasteiger partial charge in [0.2, 0.25) is 0 Å². The van der Waals surface area contributed by atoms with Gasteiger partial charge in [-0.05, 0) is 34.6 Å². The molecule has 1 rings (SSSR count). The normalized spacial score (nSPS) is 12.1. The molecule has 1 aromatic heterocycles. The van der Waals surface area contributed by atoms with Crippen molar-refractivity contribution in [2.45, 2.75) is 53.4 Å². The summed E-state index contributed by atoms with van der Waals surface area (Å²) in [5.41, 5.74) is 2.74. The number of aromatic nitrogens is 2. The van der Waals surface area contributed by atoms with Crippen molar-refractivity contribution in [1.82, 2.24) is 9.78 Å². The first kappa shape index (κ1) is 13.2. The molecular weight excluding hydrogens is 204 g/mol. The minimum atomic E-state index is -0.115. The second-order valence-electron chi connectivity index (χ2n) is 4.99. The highest BCUT2D eigenvalue weighted by molar-refractivity contribution is 5.23. The molecule has 1 N–H and O–H groups in total. The van der Waals surface area contributed by atoms with Gasteiger partial charge in [0.15, 0.2) is 0 Å². The van der Waals surface area contributed by atoms with Gasteiger partial charge in [-0.3, -0.25) is 4.68 Å². The molecular formula is C12H22N2O2. The lowest BCUT2D eigenvalue weighted by Gasteiger charge is -2.19. The summed E-state index contributed by atoms with van der Waals surface area (Å²) in [6.07, 6.45) is 0. The summed E-state index contributed by atoms with van der Waals surface area (Å²) < 4.78 is 7.54. The fraction of sp³-hybridized carbons (Fsp3) is 0.750. The summed E-state index contributed by atoms with van der Waals surface area (Å²) in [5, 5.41) is 13.6. The van der Waals surface area contributed by atoms with E-state index in [4.69, 9.17) is 4.74 Å². The predicted octanol–water partition coefficient (Wildman–Crippen LogP) is 1.81. The van der Waals surface area contributed by atoms with Crippen molar-refractivity contribution < 1.29 is 9.84 Å². The first-order valence-electron chi connectivity index (χ1n) is 5.63. The third-order valence-electron chi connectivity index (χ3n) is 2.53. The van der Waals surface area contributed by atoms with E-state index in [2.05, 4.69) is 5.10 Å². The zero-order chi connectivity index (χ0) is 12.3. The van der Waals surface area contributed by atoms with Gasteiger partial charge in [-0.25, -0.2) is 0 Å². The van der Waals surface area contributed by atoms with E-state index in [0.717, 1.165) is 23.5 Å². The van der Waals surface area contributed by atoms with Crippen LogP contribution in [0.3, 0.4) is 0 Å². The lowest BCUT2D eigenvalue weighted by atomic mass is 10.2. The van der Waals surface area contributed by atoms with Gasteiger partial charge in [0.05, 0.1) is 31.1 Å². The number of aryl methyl sites for hydroxylation is 1. The first-order chi connectivity index (χ1) is 7.35. The number of hydrogen-bond donors (Lipinski definition) is 1. The van der Waals surface area contributed by atoms with Crippen LogP contribution >= 0.6 is 0 Å². The minimum Gasteiger partial charge on any atom is -0.392 e. The summed E-state index contributed by atoms with van der Waals surface area (Å²) in [6, 6.07) is 0. The van der Waals surface area contributed by atoms with Crippen LogP contribution in [0.15, 0.2) is 0 Å². The maximum atomic E-state index is 9.18. The molecule has 4 heteroatoms. The standard InChI is InChI=1S/C12H22N2O2/c1-9-11(8-15)10(2)14(13-9)6-7-16-12(3,4)5/h15H,6-8H2,1-5H3. The van der Waals surface area contributed by atoms with Gasteiger partial charge < -0.3 is 9.84 Å². The van der Waals surface area contributed by atoms with Crippen molar-refractivity contribution in [2.75, 3.05) is 6.61 Å². The number of aliphatic hydroxyl groups is 1. The molecule has 0 saturated carbocycles. The second-order valence-corrected chi connectivity index (χ2v) is 4.99. The summed E-state index contributed by atoms with van der Waals surface area (Å²) >= 11 is 0. The molecule has 0 saturated heterocycles. The van der Waals surface area contributed by atoms with Gasteiger partial charge in [-0.15, -0.1) is 0 Å². The Morgan fingerprint density at radius 3 is 2.38 bits per heavy atom. The predicted molar refractivity (Wildman–Crippen MR) is 63.3 cm³/mol. The van der Waals surface area contributed by atoms with Crippen molar-refractivity contribution >= 4 is 0 Å². The number of ether oxygens (including phenoxy) is 1. The molecule has 1 aromatic rings. The zero-order valence-corrected chi connectivity index (χ0v) is 10.9. The summed E-state index contributed by atoms with van der Waals surface area (Å²) in [6.45, 7) is 11.4. The quantitative estimate of drug-likeness (QED) is 0.851. The molecule has 0 atom stereocenters. The van der Waals surface area contributed by atoms with Crippen LogP contribution in [0.5, 0.6) is 0 Å². The molecule has 0 aliphatic heterocycles. The third kappa shape index (κ3) is 3.32. The molecule has 0 spiro atoms. The lowest BCUT2D eigenvalue weighted by Crippen LogP contribution is -2.22. The Balaban J connectivity index is 2.61. The Labute approximate surface area is 97.2 Å². The Bertz CT molecular complexity index is 351. The number of rotatable bonds is 4. The SMILES string of the molecule is Cc1nn(CCOC(C)(C)C)c(C)c1CO. The van der Waals surface area contributed by atoms with Crippen LogP contribution in [0.2, 0.25) is 0 Å². The van der Waals surface area contributed by atoms with Gasteiger partial charge in [-0.2, -0.15) is 5.10 Å². The average Bonchev–Trinajstić information content (AvgIpc) is 2.40. The largest absolute Gasteiger partial charge is 0.392 e. The van der Waals surface area contributed by atoms with Gasteiger partial charge in [-0.1, -0.05) is 0 Å². The van der Waals surface area contributed by atoms with Crippen LogP contribution in [0, 0.1) is 13.8 Å². The third-order valence-corrected chi connectivity index (χ3v) is 2.53. The van der Waals surface area contributed by atoms with Crippen molar-refractivity contribution in [3.8, 4) is 0 Å². The number of aliphatic hydroxyl groups excluding tert-OH is 1. The highest BCUT2D eigenvalue weighted by Gasteiger charge is 2.12. The second kappa shape index (κ2) is 4.97. The van der Waals surface area contributed by atoms with E-state index in [-0.39, 0.29) is 12.2 Å². The molecule has 1 heterocycles. The van der Waals surface area contributed by atoms with Crippen molar-refractivity contribution in [1.29, 1.82) is 0 Å². The van der Waals surface area contributed by atoms with Crippen molar-refractivity contribution in [2.24, 2.45) is 0 Å². The zero-order valence-electron chi connectivity index (χ0n) is 10.9. The van der Waals surface area contributed by atoms with E-state index >= 15 is 0 Å². The summed E-state index contributed by atoms with van der Waals surface area (Å²) in [5.74, 6) is 0. The molecule has 0 bridgehead atoms. The smallest absolute Gasteiger partial charge is 0.0718 e. The molecule has 4 nitrogen and oxygen atoms in total. The van der Waals surface area contributed by atoms with E-state index in [9.17, 15) is 5.11 Å². The Hall–Kier alpha value is -0.870. The van der Waals surface area contributed by atoms with Crippen LogP contribution in [0.4, 0.5) is 0 Å². The van der Waals surface area contributed by atoms with E-state index < -0.39 is 0 Å². The number of nitrogens with zero attached hydrogens (tertiary/aromatic N) is 2. The summed E-state index contributed by atoms with van der Waals surface area (Å²) in [4.78, 5) is 0. The van der Waals surface area contributed by atoms with E-state index in [1.165, 1.54) is 0 Å². The maximum Gasteiger partial charge on any atom is 0.0718 e. The minimum absolute atomic E-state index is 0.0534. The fourth-order valence-electron chi connectivity index (χ4n) is 1.62. The molecule has 0 aliphatic carbocycles. The number of hydrogen-bond acceptors (Lipinski definition) is 3. The monoisotopic (exact) mass is 226 g/mol. The summed E-state index contributed by atoms with van der Waals surface area (Å²) in [7, 11) is 0. The van der Waals surface area contributed by atoms with Crippen LogP contribution in [0.25, 0.3) is 0 Å². The van der Waals surface area contributed by atoms with E-state index in [1.54, 1.807) is 0 Å². The highest BCUT2D eigenvalue weighted by Crippen LogP contribution is 2.13. The van der Waals surface area contributed by atoms with Crippen LogP contribution in [-0.2, 0) is 17.9 Å². The fourth-order valence-corrected chi connectivity index (χ4v) is 1.62. The van der Waals surface area contributed by atoms with Gasteiger partial charge >= 0.3 is 0 Å². The Morgan fingerprint density at radius 1 is 1.31 bits per heavy atom. The molecule has 0 aliphatic rings. The molecule has 0 aromatic carbocycles. The van der Waals surface area contributed by atoms with Crippen molar-refractivity contribution in [3.05, 3.63) is 17.0 Å². The van der Waals surface area contributed by atoms with E-state index in [0.29, 0.717) is 6.61 Å². The van der Waals surface area contributed by atoms with Gasteiger partial charge in [0, 0.05) is 11.3 Å². The maximum absolute atomic E-state index is 9.18. The highest BCUT2D eigenvalue weighted by atomic mass is 16.5. The van der Waals surface area contributed by atoms with E-state index in [1.807, 2.05) is 39.3 Å². The van der Waals surface area contributed by atoms with Gasteiger partial charge in [0.25, 0.3) is 0 Å². The van der Waals surface area contributed by atoms with Crippen molar-refractivity contribution in [3.63, 3.8) is 0 Å². The molecule has 0 unspecified atom stereocenters. The van der Waals surface area contributed by atoms with Crippen LogP contribution < -0.4 is 0 Å². The molecule has 0 radical (unpaired) electrons. The topological polar surface area (TPSA) is 47.3 Å². The average molecular weight is 226 g/mol. The molecule has 16 heavy (non-hydrogen) atoms. The lowest BCUT2D eigenvalue weighted by molar-refractivity contribution is -0.00812. The van der Waals surface area contributed by atoms with Crippen LogP contribution in [0.1, 0.15) is 37.7 Å².